The third-order valence-corrected chi connectivity index (χ3v) is 5.24. The Balaban J connectivity index is 1.45. The average molecular weight is 495 g/mol. The van der Waals surface area contributed by atoms with E-state index in [4.69, 9.17) is 0 Å². The standard InChI is InChI=1S/C26H20F3N3O4/c1-16-15-32(25(35)31-24(16)34)21-10-8-20(9-11-21)30-23(33)13-17-4-2-5-18(12-17)19-6-3-7-22(14-19)36-26(27,28)29/h2-12,14-15H,13H2,1H3,(H,30,33)(H,31,34,35). The first-order valence-electron chi connectivity index (χ1n) is 10.8. The number of ether oxygens (including phenoxy) is 1. The number of anilines is 1. The summed E-state index contributed by atoms with van der Waals surface area (Å²) in [5.74, 6) is -0.628. The molecule has 0 bridgehead atoms. The van der Waals surface area contributed by atoms with Gasteiger partial charge in [-0.15, -0.1) is 13.2 Å². The van der Waals surface area contributed by atoms with Crippen molar-refractivity contribution in [2.75, 3.05) is 5.32 Å². The number of benzene rings is 3. The fourth-order valence-electron chi connectivity index (χ4n) is 3.59. The predicted molar refractivity (Wildman–Crippen MR) is 128 cm³/mol. The van der Waals surface area contributed by atoms with Crippen LogP contribution in [0.15, 0.2) is 88.6 Å². The lowest BCUT2D eigenvalue weighted by Gasteiger charge is -2.11. The zero-order valence-electron chi connectivity index (χ0n) is 18.9. The summed E-state index contributed by atoms with van der Waals surface area (Å²) in [5.41, 5.74) is 2.20. The second-order valence-electron chi connectivity index (χ2n) is 7.99. The highest BCUT2D eigenvalue weighted by atomic mass is 19.4. The number of carbonyl (C=O) groups excluding carboxylic acids is 1. The minimum absolute atomic E-state index is 0.0346. The minimum Gasteiger partial charge on any atom is -0.406 e. The van der Waals surface area contributed by atoms with Crippen LogP contribution in [0.2, 0.25) is 0 Å². The maximum absolute atomic E-state index is 12.6. The number of rotatable bonds is 6. The molecule has 1 aromatic heterocycles. The van der Waals surface area contributed by atoms with Gasteiger partial charge in [0.2, 0.25) is 5.91 Å². The summed E-state index contributed by atoms with van der Waals surface area (Å²) in [6, 6.07) is 19.0. The molecule has 0 spiro atoms. The van der Waals surface area contributed by atoms with E-state index in [0.29, 0.717) is 33.6 Å². The van der Waals surface area contributed by atoms with Crippen molar-refractivity contribution >= 4 is 11.6 Å². The molecule has 0 saturated carbocycles. The largest absolute Gasteiger partial charge is 0.573 e. The van der Waals surface area contributed by atoms with Crippen molar-refractivity contribution in [1.29, 1.82) is 0 Å². The van der Waals surface area contributed by atoms with Crippen molar-refractivity contribution in [1.82, 2.24) is 9.55 Å². The van der Waals surface area contributed by atoms with Crippen LogP contribution < -0.4 is 21.3 Å². The summed E-state index contributed by atoms with van der Waals surface area (Å²) in [5, 5.41) is 2.77. The normalized spacial score (nSPS) is 11.2. The van der Waals surface area contributed by atoms with Crippen molar-refractivity contribution in [2.45, 2.75) is 19.7 Å². The molecule has 4 rings (SSSR count). The number of halogens is 3. The summed E-state index contributed by atoms with van der Waals surface area (Å²) in [6.45, 7) is 1.59. The molecule has 0 aliphatic carbocycles. The highest BCUT2D eigenvalue weighted by Gasteiger charge is 2.31. The maximum atomic E-state index is 12.6. The van der Waals surface area contributed by atoms with Gasteiger partial charge in [-0.2, -0.15) is 0 Å². The molecule has 0 aliphatic rings. The fraction of sp³-hybridized carbons (Fsp3) is 0.115. The van der Waals surface area contributed by atoms with Gasteiger partial charge in [-0.05, 0) is 60.0 Å². The molecule has 1 heterocycles. The van der Waals surface area contributed by atoms with Crippen molar-refractivity contribution in [3.63, 3.8) is 0 Å². The molecule has 0 fully saturated rings. The van der Waals surface area contributed by atoms with Gasteiger partial charge in [0.25, 0.3) is 5.56 Å². The van der Waals surface area contributed by atoms with Crippen LogP contribution in [0.4, 0.5) is 18.9 Å². The van der Waals surface area contributed by atoms with E-state index in [1.807, 2.05) is 0 Å². The molecular weight excluding hydrogens is 475 g/mol. The van der Waals surface area contributed by atoms with Crippen molar-refractivity contribution in [2.24, 2.45) is 0 Å². The molecule has 4 aromatic rings. The Hall–Kier alpha value is -4.60. The quantitative estimate of drug-likeness (QED) is 0.410. The van der Waals surface area contributed by atoms with Crippen LogP contribution >= 0.6 is 0 Å². The van der Waals surface area contributed by atoms with Crippen LogP contribution in [0, 0.1) is 6.92 Å². The molecule has 1 amide bonds. The van der Waals surface area contributed by atoms with Gasteiger partial charge < -0.3 is 10.1 Å². The molecule has 2 N–H and O–H groups in total. The van der Waals surface area contributed by atoms with Crippen molar-refractivity contribution in [3.05, 3.63) is 111 Å². The molecule has 184 valence electrons. The molecule has 0 saturated heterocycles. The van der Waals surface area contributed by atoms with Gasteiger partial charge in [0.1, 0.15) is 5.75 Å². The van der Waals surface area contributed by atoms with Crippen LogP contribution in [0.3, 0.4) is 0 Å². The van der Waals surface area contributed by atoms with Gasteiger partial charge in [0, 0.05) is 17.4 Å². The molecule has 7 nitrogen and oxygen atoms in total. The van der Waals surface area contributed by atoms with E-state index in [9.17, 15) is 27.6 Å². The van der Waals surface area contributed by atoms with Crippen LogP contribution in [-0.4, -0.2) is 21.8 Å². The van der Waals surface area contributed by atoms with Gasteiger partial charge in [-0.1, -0.05) is 36.4 Å². The number of amides is 1. The van der Waals surface area contributed by atoms with E-state index >= 15 is 0 Å². The van der Waals surface area contributed by atoms with Crippen LogP contribution in [0.25, 0.3) is 16.8 Å². The summed E-state index contributed by atoms with van der Waals surface area (Å²) in [6.07, 6.45) is -3.31. The number of alkyl halides is 3. The summed E-state index contributed by atoms with van der Waals surface area (Å²) >= 11 is 0. The first kappa shape index (κ1) is 24.5. The number of hydrogen-bond acceptors (Lipinski definition) is 4. The van der Waals surface area contributed by atoms with Crippen molar-refractivity contribution < 1.29 is 22.7 Å². The smallest absolute Gasteiger partial charge is 0.406 e. The van der Waals surface area contributed by atoms with E-state index in [1.165, 1.54) is 29.0 Å². The van der Waals surface area contributed by atoms with E-state index < -0.39 is 17.6 Å². The van der Waals surface area contributed by atoms with E-state index in [2.05, 4.69) is 15.0 Å². The lowest BCUT2D eigenvalue weighted by atomic mass is 10.0. The molecule has 0 unspecified atom stereocenters. The Morgan fingerprint density at radius 1 is 0.972 bits per heavy atom. The van der Waals surface area contributed by atoms with Crippen LogP contribution in [0.1, 0.15) is 11.1 Å². The topological polar surface area (TPSA) is 93.2 Å². The molecule has 36 heavy (non-hydrogen) atoms. The molecular formula is C26H20F3N3O4. The van der Waals surface area contributed by atoms with Gasteiger partial charge in [-0.25, -0.2) is 4.79 Å². The van der Waals surface area contributed by atoms with E-state index in [0.717, 1.165) is 0 Å². The molecule has 0 aliphatic heterocycles. The summed E-state index contributed by atoms with van der Waals surface area (Å²) in [7, 11) is 0. The number of hydrogen-bond donors (Lipinski definition) is 2. The van der Waals surface area contributed by atoms with Gasteiger partial charge in [0.15, 0.2) is 0 Å². The van der Waals surface area contributed by atoms with Gasteiger partial charge in [-0.3, -0.25) is 19.1 Å². The number of nitrogens with one attached hydrogen (secondary N) is 2. The third kappa shape index (κ3) is 6.09. The first-order valence-corrected chi connectivity index (χ1v) is 10.8. The van der Waals surface area contributed by atoms with Crippen molar-refractivity contribution in [3.8, 4) is 22.6 Å². The number of aryl methyl sites for hydroxylation is 1. The zero-order valence-corrected chi connectivity index (χ0v) is 18.9. The third-order valence-electron chi connectivity index (χ3n) is 5.24. The minimum atomic E-state index is -4.79. The number of aromatic nitrogens is 2. The maximum Gasteiger partial charge on any atom is 0.573 e. The predicted octanol–water partition coefficient (Wildman–Crippen LogP) is 4.58. The Labute approximate surface area is 202 Å². The van der Waals surface area contributed by atoms with E-state index in [1.54, 1.807) is 61.5 Å². The SMILES string of the molecule is Cc1cn(-c2ccc(NC(=O)Cc3cccc(-c4cccc(OC(F)(F)F)c4)c3)cc2)c(=O)[nH]c1=O. The number of H-pyrrole nitrogens is 1. The zero-order chi connectivity index (χ0) is 25.9. The van der Waals surface area contributed by atoms with Crippen LogP contribution in [-0.2, 0) is 11.2 Å². The Bertz CT molecular complexity index is 1520. The highest BCUT2D eigenvalue weighted by molar-refractivity contribution is 5.92. The monoisotopic (exact) mass is 495 g/mol. The average Bonchev–Trinajstić information content (AvgIpc) is 2.81. The molecule has 0 atom stereocenters. The summed E-state index contributed by atoms with van der Waals surface area (Å²) < 4.78 is 42.8. The first-order chi connectivity index (χ1) is 17.1. The van der Waals surface area contributed by atoms with Crippen LogP contribution in [0.5, 0.6) is 5.75 Å². The number of carbonyl (C=O) groups is 1. The highest BCUT2D eigenvalue weighted by Crippen LogP contribution is 2.28. The second kappa shape index (κ2) is 9.95. The van der Waals surface area contributed by atoms with E-state index in [-0.39, 0.29) is 18.1 Å². The Kier molecular flexibility index (Phi) is 6.77. The molecule has 0 radical (unpaired) electrons. The number of nitrogens with zero attached hydrogens (tertiary/aromatic N) is 1. The number of aromatic amines is 1. The fourth-order valence-corrected chi connectivity index (χ4v) is 3.59. The summed E-state index contributed by atoms with van der Waals surface area (Å²) in [4.78, 5) is 38.4. The lowest BCUT2D eigenvalue weighted by molar-refractivity contribution is -0.274. The lowest BCUT2D eigenvalue weighted by Crippen LogP contribution is -2.29. The van der Waals surface area contributed by atoms with Gasteiger partial charge >= 0.3 is 12.1 Å². The second-order valence-corrected chi connectivity index (χ2v) is 7.99. The Morgan fingerprint density at radius 2 is 1.64 bits per heavy atom. The van der Waals surface area contributed by atoms with Gasteiger partial charge in [0.05, 0.1) is 12.1 Å². The molecule has 3 aromatic carbocycles. The molecule has 10 heteroatoms. The Morgan fingerprint density at radius 3 is 2.33 bits per heavy atom.